The van der Waals surface area contributed by atoms with Gasteiger partial charge in [-0.05, 0) is 36.6 Å². The highest BCUT2D eigenvalue weighted by Gasteiger charge is 2.41. The molecule has 3 rings (SSSR count). The van der Waals surface area contributed by atoms with Gasteiger partial charge in [-0.1, -0.05) is 24.3 Å². The molecule has 2 aliphatic heterocycles. The van der Waals surface area contributed by atoms with Crippen LogP contribution < -0.4 is 0 Å². The average Bonchev–Trinajstić information content (AvgIpc) is 2.88. The zero-order valence-corrected chi connectivity index (χ0v) is 12.8. The molecule has 1 aromatic carbocycles. The van der Waals surface area contributed by atoms with E-state index in [2.05, 4.69) is 6.07 Å². The zero-order valence-electron chi connectivity index (χ0n) is 12.0. The monoisotopic (exact) mass is 305 g/mol. The number of rotatable bonds is 2. The summed E-state index contributed by atoms with van der Waals surface area (Å²) in [5.41, 5.74) is 2.35. The third-order valence-corrected chi connectivity index (χ3v) is 5.80. The van der Waals surface area contributed by atoms with E-state index in [-0.39, 0.29) is 17.2 Å². The smallest absolute Gasteiger partial charge is 0.308 e. The molecule has 0 aliphatic carbocycles. The maximum absolute atomic E-state index is 12.9. The molecule has 5 heteroatoms. The number of fused-ring (bicyclic) bond motifs is 1. The van der Waals surface area contributed by atoms with Crippen molar-refractivity contribution in [2.24, 2.45) is 5.92 Å². The van der Waals surface area contributed by atoms with Gasteiger partial charge in [0.15, 0.2) is 0 Å². The van der Waals surface area contributed by atoms with Crippen LogP contribution in [0.15, 0.2) is 24.3 Å². The van der Waals surface area contributed by atoms with Crippen molar-refractivity contribution in [2.45, 2.75) is 31.1 Å². The molecule has 0 spiro atoms. The summed E-state index contributed by atoms with van der Waals surface area (Å²) in [7, 11) is 0. The minimum atomic E-state index is -0.797. The van der Waals surface area contributed by atoms with Crippen molar-refractivity contribution in [1.29, 1.82) is 0 Å². The molecule has 4 nitrogen and oxygen atoms in total. The Morgan fingerprint density at radius 2 is 2.10 bits per heavy atom. The maximum atomic E-state index is 12.9. The highest BCUT2D eigenvalue weighted by atomic mass is 32.2. The largest absolute Gasteiger partial charge is 0.481 e. The minimum absolute atomic E-state index is 0.0726. The van der Waals surface area contributed by atoms with Gasteiger partial charge in [-0.15, -0.1) is 11.8 Å². The predicted molar refractivity (Wildman–Crippen MR) is 82.3 cm³/mol. The van der Waals surface area contributed by atoms with Gasteiger partial charge in [0, 0.05) is 12.6 Å². The Morgan fingerprint density at radius 1 is 1.33 bits per heavy atom. The first-order valence-corrected chi connectivity index (χ1v) is 8.37. The first kappa shape index (κ1) is 14.4. The summed E-state index contributed by atoms with van der Waals surface area (Å²) in [6.07, 6.45) is 1.55. The molecule has 0 radical (unpaired) electrons. The van der Waals surface area contributed by atoms with Gasteiger partial charge in [0.05, 0.1) is 5.92 Å². The van der Waals surface area contributed by atoms with Crippen LogP contribution >= 0.6 is 11.8 Å². The van der Waals surface area contributed by atoms with Crippen LogP contribution in [-0.2, 0) is 16.0 Å². The average molecular weight is 305 g/mol. The highest BCUT2D eigenvalue weighted by Crippen LogP contribution is 2.39. The van der Waals surface area contributed by atoms with Gasteiger partial charge < -0.3 is 10.0 Å². The number of carbonyl (C=O) groups excluding carboxylic acids is 1. The zero-order chi connectivity index (χ0) is 15.0. The van der Waals surface area contributed by atoms with Crippen LogP contribution in [-0.4, -0.2) is 40.2 Å². The molecule has 112 valence electrons. The Kier molecular flexibility index (Phi) is 3.93. The van der Waals surface area contributed by atoms with Gasteiger partial charge in [0.1, 0.15) is 5.25 Å². The molecule has 1 saturated heterocycles. The fourth-order valence-electron chi connectivity index (χ4n) is 3.33. The Bertz CT molecular complexity index is 574. The van der Waals surface area contributed by atoms with E-state index in [1.807, 2.05) is 25.1 Å². The number of amides is 1. The normalized spacial score (nSPS) is 28.2. The van der Waals surface area contributed by atoms with Gasteiger partial charge >= 0.3 is 5.97 Å². The molecule has 3 atom stereocenters. The maximum Gasteiger partial charge on any atom is 0.308 e. The third-order valence-electron chi connectivity index (χ3n) is 4.57. The second-order valence-corrected chi connectivity index (χ2v) is 6.92. The van der Waals surface area contributed by atoms with E-state index in [1.54, 1.807) is 16.7 Å². The Labute approximate surface area is 128 Å². The van der Waals surface area contributed by atoms with Crippen molar-refractivity contribution in [3.63, 3.8) is 0 Å². The van der Waals surface area contributed by atoms with Crippen molar-refractivity contribution in [3.05, 3.63) is 35.4 Å². The number of nitrogens with zero attached hydrogens (tertiary/aromatic N) is 1. The molecular weight excluding hydrogens is 286 g/mol. The lowest BCUT2D eigenvalue weighted by molar-refractivity contribution is -0.143. The number of carbonyl (C=O) groups is 2. The molecule has 21 heavy (non-hydrogen) atoms. The molecule has 0 bridgehead atoms. The standard InChI is InChI=1S/C16H19NO3S/c1-10-12(16(19)20)6-8-17(10)15(18)14-13-5-3-2-4-11(13)7-9-21-14/h2-5,10,12,14H,6-9H2,1H3,(H,19,20). The lowest BCUT2D eigenvalue weighted by atomic mass is 10.00. The third kappa shape index (κ3) is 2.55. The molecule has 1 amide bonds. The molecule has 1 fully saturated rings. The van der Waals surface area contributed by atoms with Crippen molar-refractivity contribution in [3.8, 4) is 0 Å². The number of aryl methyl sites for hydroxylation is 1. The molecule has 1 N–H and O–H groups in total. The number of aliphatic carboxylic acids is 1. The fraction of sp³-hybridized carbons (Fsp3) is 0.500. The van der Waals surface area contributed by atoms with E-state index in [4.69, 9.17) is 0 Å². The van der Waals surface area contributed by atoms with Crippen LogP contribution in [0.3, 0.4) is 0 Å². The molecule has 2 aliphatic rings. The number of carboxylic acid groups (broad SMARTS) is 1. The van der Waals surface area contributed by atoms with Crippen molar-refractivity contribution < 1.29 is 14.7 Å². The summed E-state index contributed by atoms with van der Waals surface area (Å²) in [4.78, 5) is 25.8. The van der Waals surface area contributed by atoms with E-state index < -0.39 is 11.9 Å². The van der Waals surface area contributed by atoms with E-state index in [1.165, 1.54) is 5.56 Å². The van der Waals surface area contributed by atoms with E-state index in [0.29, 0.717) is 13.0 Å². The van der Waals surface area contributed by atoms with Crippen LogP contribution in [0.25, 0.3) is 0 Å². The van der Waals surface area contributed by atoms with Crippen molar-refractivity contribution >= 4 is 23.6 Å². The van der Waals surface area contributed by atoms with E-state index >= 15 is 0 Å². The summed E-state index contributed by atoms with van der Waals surface area (Å²) in [6, 6.07) is 7.88. The summed E-state index contributed by atoms with van der Waals surface area (Å²) in [5, 5.41) is 9.03. The molecule has 0 saturated carbocycles. The first-order valence-electron chi connectivity index (χ1n) is 7.32. The highest BCUT2D eigenvalue weighted by molar-refractivity contribution is 8.00. The van der Waals surface area contributed by atoms with Gasteiger partial charge in [0.2, 0.25) is 5.91 Å². The Morgan fingerprint density at radius 3 is 2.81 bits per heavy atom. The van der Waals surface area contributed by atoms with Crippen LogP contribution in [0.2, 0.25) is 0 Å². The lowest BCUT2D eigenvalue weighted by Gasteiger charge is -2.31. The Balaban J connectivity index is 1.83. The Hall–Kier alpha value is -1.49. The van der Waals surface area contributed by atoms with E-state index in [9.17, 15) is 14.7 Å². The summed E-state index contributed by atoms with van der Waals surface area (Å²) in [6.45, 7) is 2.40. The van der Waals surface area contributed by atoms with Crippen LogP contribution in [0, 0.1) is 5.92 Å². The second-order valence-electron chi connectivity index (χ2n) is 5.71. The van der Waals surface area contributed by atoms with Gasteiger partial charge in [-0.2, -0.15) is 0 Å². The summed E-state index contributed by atoms with van der Waals surface area (Å²) in [5.74, 6) is -0.214. The quantitative estimate of drug-likeness (QED) is 0.911. The molecule has 0 aromatic heterocycles. The molecule has 1 aromatic rings. The van der Waals surface area contributed by atoms with E-state index in [0.717, 1.165) is 17.7 Å². The first-order chi connectivity index (χ1) is 10.1. The number of likely N-dealkylation sites (tertiary alicyclic amines) is 1. The van der Waals surface area contributed by atoms with Gasteiger partial charge in [0.25, 0.3) is 0 Å². The minimum Gasteiger partial charge on any atom is -0.481 e. The number of benzene rings is 1. The van der Waals surface area contributed by atoms with Crippen LogP contribution in [0.4, 0.5) is 0 Å². The summed E-state index contributed by atoms with van der Waals surface area (Å²) < 4.78 is 0. The van der Waals surface area contributed by atoms with Crippen molar-refractivity contribution in [2.75, 3.05) is 12.3 Å². The lowest BCUT2D eigenvalue weighted by Crippen LogP contribution is -2.40. The number of carboxylic acids is 1. The second kappa shape index (κ2) is 5.72. The molecular formula is C16H19NO3S. The number of hydrogen-bond donors (Lipinski definition) is 1. The fourth-order valence-corrected chi connectivity index (χ4v) is 4.59. The number of hydrogen-bond acceptors (Lipinski definition) is 3. The summed E-state index contributed by atoms with van der Waals surface area (Å²) >= 11 is 1.67. The SMILES string of the molecule is CC1C(C(=O)O)CCN1C(=O)C1SCCc2ccccc21. The van der Waals surface area contributed by atoms with Crippen LogP contribution in [0.5, 0.6) is 0 Å². The number of thioether (sulfide) groups is 1. The van der Waals surface area contributed by atoms with Gasteiger partial charge in [-0.25, -0.2) is 0 Å². The molecule has 2 heterocycles. The topological polar surface area (TPSA) is 57.6 Å². The van der Waals surface area contributed by atoms with Crippen molar-refractivity contribution in [1.82, 2.24) is 4.90 Å². The molecule has 3 unspecified atom stereocenters. The van der Waals surface area contributed by atoms with Crippen LogP contribution in [0.1, 0.15) is 29.7 Å². The predicted octanol–water partition coefficient (Wildman–Crippen LogP) is 2.34. The van der Waals surface area contributed by atoms with Gasteiger partial charge in [-0.3, -0.25) is 9.59 Å².